The molecule has 5 heteroatoms. The first kappa shape index (κ1) is 14.9. The first-order chi connectivity index (χ1) is 9.21. The summed E-state index contributed by atoms with van der Waals surface area (Å²) in [6.45, 7) is 4.79. The van der Waals surface area contributed by atoms with Crippen molar-refractivity contribution >= 4 is 5.96 Å². The highest BCUT2D eigenvalue weighted by molar-refractivity contribution is 5.77. The molecule has 0 fully saturated rings. The molecule has 1 aromatic carbocycles. The van der Waals surface area contributed by atoms with Crippen LogP contribution in [0.3, 0.4) is 0 Å². The summed E-state index contributed by atoms with van der Waals surface area (Å²) >= 11 is 0. The van der Waals surface area contributed by atoms with E-state index in [1.165, 1.54) is 0 Å². The number of ether oxygens (including phenoxy) is 2. The molecule has 1 rings (SSSR count). The number of hydrogen-bond acceptors (Lipinski definition) is 3. The van der Waals surface area contributed by atoms with Crippen LogP contribution >= 0.6 is 0 Å². The van der Waals surface area contributed by atoms with Gasteiger partial charge in [0.05, 0.1) is 14.2 Å². The monoisotopic (exact) mass is 263 g/mol. The van der Waals surface area contributed by atoms with Gasteiger partial charge in [0.15, 0.2) is 5.96 Å². The molecule has 0 aliphatic carbocycles. The molecule has 0 saturated carbocycles. The summed E-state index contributed by atoms with van der Waals surface area (Å²) in [5.74, 6) is 2.05. The Morgan fingerprint density at radius 1 is 1.42 bits per heavy atom. The molecule has 0 saturated heterocycles. The standard InChI is InChI=1S/C14H21N3O2/c1-4-8-16-14(15)17-9-7-11-10-12(18-2)5-6-13(11)19-3/h4-6,10H,1,7-9H2,2-3H3,(H3,15,16,17). The molecule has 0 aliphatic rings. The molecule has 104 valence electrons. The molecule has 0 radical (unpaired) electrons. The van der Waals surface area contributed by atoms with Crippen LogP contribution in [-0.2, 0) is 6.42 Å². The third kappa shape index (κ3) is 4.91. The lowest BCUT2D eigenvalue weighted by molar-refractivity contribution is 0.399. The molecule has 0 bridgehead atoms. The fourth-order valence-corrected chi connectivity index (χ4v) is 1.61. The van der Waals surface area contributed by atoms with Crippen molar-refractivity contribution < 1.29 is 9.47 Å². The Hall–Kier alpha value is -2.17. The Morgan fingerprint density at radius 2 is 2.21 bits per heavy atom. The van der Waals surface area contributed by atoms with Crippen molar-refractivity contribution in [3.8, 4) is 11.5 Å². The minimum atomic E-state index is 0.418. The number of nitrogens with two attached hydrogens (primary N) is 1. The molecule has 0 aromatic heterocycles. The number of nitrogens with zero attached hydrogens (tertiary/aromatic N) is 1. The highest BCUT2D eigenvalue weighted by Gasteiger charge is 2.04. The zero-order valence-electron chi connectivity index (χ0n) is 11.5. The normalized spacial score (nSPS) is 10.9. The van der Waals surface area contributed by atoms with Crippen LogP contribution in [0.5, 0.6) is 11.5 Å². The van der Waals surface area contributed by atoms with Gasteiger partial charge in [-0.2, -0.15) is 0 Å². The van der Waals surface area contributed by atoms with Gasteiger partial charge in [0.2, 0.25) is 0 Å². The predicted octanol–water partition coefficient (Wildman–Crippen LogP) is 1.34. The van der Waals surface area contributed by atoms with Gasteiger partial charge in [-0.25, -0.2) is 0 Å². The Labute approximate surface area is 114 Å². The number of rotatable bonds is 7. The summed E-state index contributed by atoms with van der Waals surface area (Å²) in [5.41, 5.74) is 6.73. The van der Waals surface area contributed by atoms with Crippen molar-refractivity contribution in [3.05, 3.63) is 36.4 Å². The van der Waals surface area contributed by atoms with Gasteiger partial charge in [-0.3, -0.25) is 4.99 Å². The summed E-state index contributed by atoms with van der Waals surface area (Å²) in [7, 11) is 3.29. The van der Waals surface area contributed by atoms with E-state index in [4.69, 9.17) is 15.2 Å². The van der Waals surface area contributed by atoms with Gasteiger partial charge in [-0.1, -0.05) is 6.08 Å². The fraction of sp³-hybridized carbons (Fsp3) is 0.357. The zero-order valence-corrected chi connectivity index (χ0v) is 11.5. The van der Waals surface area contributed by atoms with Crippen molar-refractivity contribution in [2.75, 3.05) is 27.3 Å². The first-order valence-corrected chi connectivity index (χ1v) is 6.06. The highest BCUT2D eigenvalue weighted by atomic mass is 16.5. The van der Waals surface area contributed by atoms with Crippen molar-refractivity contribution in [3.63, 3.8) is 0 Å². The minimum Gasteiger partial charge on any atom is -0.497 e. The van der Waals surface area contributed by atoms with Crippen LogP contribution in [0, 0.1) is 0 Å². The second-order valence-corrected chi connectivity index (χ2v) is 3.86. The molecule has 0 amide bonds. The maximum atomic E-state index is 5.69. The third-order valence-electron chi connectivity index (χ3n) is 2.58. The number of hydrogen-bond donors (Lipinski definition) is 2. The average Bonchev–Trinajstić information content (AvgIpc) is 2.44. The molecule has 0 heterocycles. The van der Waals surface area contributed by atoms with Gasteiger partial charge in [-0.15, -0.1) is 6.58 Å². The molecule has 0 aliphatic heterocycles. The Balaban J connectivity index is 2.63. The number of aliphatic imine (C=N–C) groups is 1. The lowest BCUT2D eigenvalue weighted by Crippen LogP contribution is -2.31. The molecule has 3 N–H and O–H groups in total. The quantitative estimate of drug-likeness (QED) is 0.442. The lowest BCUT2D eigenvalue weighted by atomic mass is 10.1. The summed E-state index contributed by atoms with van der Waals surface area (Å²) in [6, 6.07) is 5.70. The SMILES string of the molecule is C=CCNC(N)=NCCc1cc(OC)ccc1OC. The third-order valence-corrected chi connectivity index (χ3v) is 2.58. The molecule has 19 heavy (non-hydrogen) atoms. The van der Waals surface area contributed by atoms with E-state index in [0.29, 0.717) is 19.0 Å². The number of guanidine groups is 1. The maximum Gasteiger partial charge on any atom is 0.188 e. The number of methoxy groups -OCH3 is 2. The average molecular weight is 263 g/mol. The van der Waals surface area contributed by atoms with Crippen LogP contribution < -0.4 is 20.5 Å². The molecule has 0 unspecified atom stereocenters. The van der Waals surface area contributed by atoms with Gasteiger partial charge < -0.3 is 20.5 Å². The smallest absolute Gasteiger partial charge is 0.188 e. The van der Waals surface area contributed by atoms with Crippen LogP contribution in [0.15, 0.2) is 35.8 Å². The highest BCUT2D eigenvalue weighted by Crippen LogP contribution is 2.24. The second kappa shape index (κ2) is 8.02. The Bertz CT molecular complexity index is 444. The van der Waals surface area contributed by atoms with E-state index in [9.17, 15) is 0 Å². The van der Waals surface area contributed by atoms with Crippen LogP contribution in [0.25, 0.3) is 0 Å². The summed E-state index contributed by atoms with van der Waals surface area (Å²) < 4.78 is 10.5. The fourth-order valence-electron chi connectivity index (χ4n) is 1.61. The number of benzene rings is 1. The Morgan fingerprint density at radius 3 is 2.84 bits per heavy atom. The van der Waals surface area contributed by atoms with E-state index >= 15 is 0 Å². The van der Waals surface area contributed by atoms with Crippen LogP contribution in [0.2, 0.25) is 0 Å². The molecule has 0 spiro atoms. The number of nitrogens with one attached hydrogen (secondary N) is 1. The summed E-state index contributed by atoms with van der Waals surface area (Å²) in [4.78, 5) is 4.23. The molecule has 1 aromatic rings. The largest absolute Gasteiger partial charge is 0.497 e. The summed E-state index contributed by atoms with van der Waals surface area (Å²) in [6.07, 6.45) is 2.46. The zero-order chi connectivity index (χ0) is 14.1. The first-order valence-electron chi connectivity index (χ1n) is 6.06. The molecule has 0 atom stereocenters. The van der Waals surface area contributed by atoms with Gasteiger partial charge in [-0.05, 0) is 30.2 Å². The van der Waals surface area contributed by atoms with Crippen molar-refractivity contribution in [2.24, 2.45) is 10.7 Å². The van der Waals surface area contributed by atoms with E-state index in [0.717, 1.165) is 23.5 Å². The van der Waals surface area contributed by atoms with Crippen LogP contribution in [0.4, 0.5) is 0 Å². The van der Waals surface area contributed by atoms with Gasteiger partial charge in [0, 0.05) is 13.1 Å². The maximum absolute atomic E-state index is 5.69. The predicted molar refractivity (Wildman–Crippen MR) is 77.9 cm³/mol. The molecular formula is C14H21N3O2. The summed E-state index contributed by atoms with van der Waals surface area (Å²) in [5, 5.41) is 2.92. The van der Waals surface area contributed by atoms with E-state index in [1.807, 2.05) is 18.2 Å². The second-order valence-electron chi connectivity index (χ2n) is 3.86. The van der Waals surface area contributed by atoms with Gasteiger partial charge in [0.25, 0.3) is 0 Å². The Kier molecular flexibility index (Phi) is 6.29. The van der Waals surface area contributed by atoms with E-state index < -0.39 is 0 Å². The van der Waals surface area contributed by atoms with E-state index in [1.54, 1.807) is 20.3 Å². The lowest BCUT2D eigenvalue weighted by Gasteiger charge is -2.09. The van der Waals surface area contributed by atoms with Crippen molar-refractivity contribution in [2.45, 2.75) is 6.42 Å². The van der Waals surface area contributed by atoms with Gasteiger partial charge >= 0.3 is 0 Å². The van der Waals surface area contributed by atoms with Gasteiger partial charge in [0.1, 0.15) is 11.5 Å². The topological polar surface area (TPSA) is 68.9 Å². The van der Waals surface area contributed by atoms with Crippen LogP contribution in [0.1, 0.15) is 5.56 Å². The minimum absolute atomic E-state index is 0.418. The molecular weight excluding hydrogens is 242 g/mol. The van der Waals surface area contributed by atoms with Crippen LogP contribution in [-0.4, -0.2) is 33.3 Å². The van der Waals surface area contributed by atoms with E-state index in [-0.39, 0.29) is 0 Å². The van der Waals surface area contributed by atoms with Crippen molar-refractivity contribution in [1.82, 2.24) is 5.32 Å². The van der Waals surface area contributed by atoms with E-state index in [2.05, 4.69) is 16.9 Å². The van der Waals surface area contributed by atoms with Crippen molar-refractivity contribution in [1.29, 1.82) is 0 Å². The molecule has 5 nitrogen and oxygen atoms in total.